The van der Waals surface area contributed by atoms with E-state index in [1.807, 2.05) is 13.1 Å². The fraction of sp³-hybridized carbons (Fsp3) is 0.440. The van der Waals surface area contributed by atoms with Crippen LogP contribution in [0.1, 0.15) is 24.0 Å². The van der Waals surface area contributed by atoms with E-state index in [0.717, 1.165) is 43.4 Å². The minimum absolute atomic E-state index is 0.107. The molecule has 1 fully saturated rings. The van der Waals surface area contributed by atoms with Crippen molar-refractivity contribution >= 4 is 16.9 Å². The lowest BCUT2D eigenvalue weighted by atomic mass is 10.0. The maximum atomic E-state index is 14.8. The summed E-state index contributed by atoms with van der Waals surface area (Å²) in [6, 6.07) is 5.75. The molecule has 1 saturated heterocycles. The lowest BCUT2D eigenvalue weighted by Crippen LogP contribution is -2.50. The fourth-order valence-electron chi connectivity index (χ4n) is 4.32. The highest BCUT2D eigenvalue weighted by Crippen LogP contribution is 2.32. The van der Waals surface area contributed by atoms with Gasteiger partial charge in [-0.3, -0.25) is 4.79 Å². The van der Waals surface area contributed by atoms with E-state index in [-0.39, 0.29) is 24.1 Å². The molecular formula is C25H32FN5O3. The second-order valence-electron chi connectivity index (χ2n) is 8.80. The van der Waals surface area contributed by atoms with Gasteiger partial charge in [0.15, 0.2) is 11.6 Å². The molecule has 182 valence electrons. The van der Waals surface area contributed by atoms with Crippen molar-refractivity contribution in [3.8, 4) is 11.5 Å². The van der Waals surface area contributed by atoms with Crippen LogP contribution in [0.3, 0.4) is 0 Å². The Bertz CT molecular complexity index is 1130. The largest absolute Gasteiger partial charge is 0.453 e. The molecule has 34 heavy (non-hydrogen) atoms. The topological polar surface area (TPSA) is 106 Å². The van der Waals surface area contributed by atoms with Crippen molar-refractivity contribution in [2.45, 2.75) is 38.3 Å². The summed E-state index contributed by atoms with van der Waals surface area (Å²) in [4.78, 5) is 22.2. The van der Waals surface area contributed by atoms with Gasteiger partial charge < -0.3 is 30.4 Å². The molecule has 4 rings (SSSR count). The van der Waals surface area contributed by atoms with Crippen LogP contribution >= 0.6 is 0 Å². The van der Waals surface area contributed by atoms with Gasteiger partial charge in [0.05, 0.1) is 18.0 Å². The van der Waals surface area contributed by atoms with E-state index >= 15 is 0 Å². The number of benzene rings is 1. The van der Waals surface area contributed by atoms with Gasteiger partial charge in [0, 0.05) is 45.2 Å². The molecule has 0 saturated carbocycles. The van der Waals surface area contributed by atoms with E-state index in [9.17, 15) is 9.18 Å². The van der Waals surface area contributed by atoms with Crippen molar-refractivity contribution < 1.29 is 18.7 Å². The van der Waals surface area contributed by atoms with Crippen molar-refractivity contribution in [1.29, 1.82) is 0 Å². The smallest absolute Gasteiger partial charge is 0.237 e. The first-order valence-corrected chi connectivity index (χ1v) is 11.6. The lowest BCUT2D eigenvalue weighted by Gasteiger charge is -2.32. The van der Waals surface area contributed by atoms with Gasteiger partial charge in [0.1, 0.15) is 11.4 Å². The number of carbonyl (C=O) groups is 1. The fourth-order valence-corrected chi connectivity index (χ4v) is 4.32. The Morgan fingerprint density at radius 1 is 1.32 bits per heavy atom. The molecule has 1 atom stereocenters. The van der Waals surface area contributed by atoms with Gasteiger partial charge >= 0.3 is 0 Å². The molecule has 8 nitrogen and oxygen atoms in total. The minimum Gasteiger partial charge on any atom is -0.453 e. The molecule has 1 aliphatic rings. The van der Waals surface area contributed by atoms with Gasteiger partial charge in [-0.1, -0.05) is 6.07 Å². The first-order valence-electron chi connectivity index (χ1n) is 11.6. The molecule has 2 aromatic heterocycles. The molecule has 1 unspecified atom stereocenters. The quantitative estimate of drug-likeness (QED) is 0.445. The number of carbonyl (C=O) groups excluding carboxylic acids is 1. The summed E-state index contributed by atoms with van der Waals surface area (Å²) in [6.07, 6.45) is 5.45. The Morgan fingerprint density at radius 2 is 2.12 bits per heavy atom. The SMILES string of the molecule is COCCN1CCC(NC(=O)C(N)Cc2ccc(Oc3ccnc4[nH]cc(C)c34)c(F)c2)CC1. The van der Waals surface area contributed by atoms with Crippen LogP contribution in [0, 0.1) is 12.7 Å². The number of methoxy groups -OCH3 is 1. The van der Waals surface area contributed by atoms with Gasteiger partial charge in [0.25, 0.3) is 0 Å². The third-order valence-corrected chi connectivity index (χ3v) is 6.29. The highest BCUT2D eigenvalue weighted by molar-refractivity contribution is 5.86. The maximum Gasteiger partial charge on any atom is 0.237 e. The van der Waals surface area contributed by atoms with Gasteiger partial charge in [-0.2, -0.15) is 0 Å². The van der Waals surface area contributed by atoms with E-state index in [1.54, 1.807) is 31.5 Å². The molecule has 1 aliphatic heterocycles. The lowest BCUT2D eigenvalue weighted by molar-refractivity contribution is -0.123. The Labute approximate surface area is 198 Å². The number of piperidine rings is 1. The van der Waals surface area contributed by atoms with Gasteiger partial charge in [-0.05, 0) is 55.5 Å². The number of amides is 1. The molecule has 0 bridgehead atoms. The summed E-state index contributed by atoms with van der Waals surface area (Å²) in [6.45, 7) is 5.38. The van der Waals surface area contributed by atoms with Crippen LogP contribution in [0.5, 0.6) is 11.5 Å². The third kappa shape index (κ3) is 5.72. The molecule has 0 spiro atoms. The number of aromatic nitrogens is 2. The first kappa shape index (κ1) is 24.1. The zero-order valence-electron chi connectivity index (χ0n) is 19.6. The normalized spacial score (nSPS) is 16.0. The molecule has 4 N–H and O–H groups in total. The number of hydrogen-bond acceptors (Lipinski definition) is 6. The van der Waals surface area contributed by atoms with Gasteiger partial charge in [-0.15, -0.1) is 0 Å². The monoisotopic (exact) mass is 469 g/mol. The van der Waals surface area contributed by atoms with Crippen LogP contribution in [0.4, 0.5) is 4.39 Å². The van der Waals surface area contributed by atoms with Crippen molar-refractivity contribution in [3.63, 3.8) is 0 Å². The Kier molecular flexibility index (Phi) is 7.77. The van der Waals surface area contributed by atoms with Crippen LogP contribution < -0.4 is 15.8 Å². The molecular weight excluding hydrogens is 437 g/mol. The van der Waals surface area contributed by atoms with E-state index in [0.29, 0.717) is 23.6 Å². The van der Waals surface area contributed by atoms with Crippen LogP contribution in [0.2, 0.25) is 0 Å². The highest BCUT2D eigenvalue weighted by atomic mass is 19.1. The van der Waals surface area contributed by atoms with Crippen LogP contribution in [-0.2, 0) is 16.0 Å². The van der Waals surface area contributed by atoms with Crippen LogP contribution in [0.25, 0.3) is 11.0 Å². The number of fused-ring (bicyclic) bond motifs is 1. The molecule has 3 aromatic rings. The summed E-state index contributed by atoms with van der Waals surface area (Å²) >= 11 is 0. The van der Waals surface area contributed by atoms with Crippen molar-refractivity contribution in [3.05, 3.63) is 53.6 Å². The minimum atomic E-state index is -0.750. The Hall–Kier alpha value is -3.01. The Morgan fingerprint density at radius 3 is 2.85 bits per heavy atom. The molecule has 1 amide bonds. The van der Waals surface area contributed by atoms with Crippen molar-refractivity contribution in [2.75, 3.05) is 33.4 Å². The summed E-state index contributed by atoms with van der Waals surface area (Å²) in [5.41, 5.74) is 8.42. The number of pyridine rings is 1. The molecule has 0 radical (unpaired) electrons. The zero-order valence-corrected chi connectivity index (χ0v) is 19.6. The van der Waals surface area contributed by atoms with E-state index in [2.05, 4.69) is 20.2 Å². The summed E-state index contributed by atoms with van der Waals surface area (Å²) in [5, 5.41) is 3.86. The predicted octanol–water partition coefficient (Wildman–Crippen LogP) is 2.90. The van der Waals surface area contributed by atoms with E-state index in [4.69, 9.17) is 15.2 Å². The molecule has 0 aliphatic carbocycles. The number of halogens is 1. The molecule has 9 heteroatoms. The zero-order chi connectivity index (χ0) is 24.1. The van der Waals surface area contributed by atoms with E-state index in [1.165, 1.54) is 6.07 Å². The number of likely N-dealkylation sites (tertiary alicyclic amines) is 1. The summed E-state index contributed by atoms with van der Waals surface area (Å²) in [5.74, 6) is -0.0836. The second kappa shape index (κ2) is 10.9. The van der Waals surface area contributed by atoms with E-state index < -0.39 is 11.9 Å². The third-order valence-electron chi connectivity index (χ3n) is 6.29. The van der Waals surface area contributed by atoms with Gasteiger partial charge in [0.2, 0.25) is 5.91 Å². The number of rotatable bonds is 9. The number of nitrogens with two attached hydrogens (primary N) is 1. The second-order valence-corrected chi connectivity index (χ2v) is 8.80. The van der Waals surface area contributed by atoms with Crippen molar-refractivity contribution in [2.24, 2.45) is 5.73 Å². The summed E-state index contributed by atoms with van der Waals surface area (Å²) in [7, 11) is 1.70. The number of nitrogens with one attached hydrogen (secondary N) is 2. The predicted molar refractivity (Wildman–Crippen MR) is 128 cm³/mol. The average Bonchev–Trinajstić information content (AvgIpc) is 3.22. The number of aromatic amines is 1. The summed E-state index contributed by atoms with van der Waals surface area (Å²) < 4.78 is 25.8. The molecule has 1 aromatic carbocycles. The molecule has 3 heterocycles. The van der Waals surface area contributed by atoms with Crippen LogP contribution in [-0.4, -0.2) is 66.2 Å². The Balaban J connectivity index is 1.32. The number of hydrogen-bond donors (Lipinski definition) is 3. The van der Waals surface area contributed by atoms with Crippen molar-refractivity contribution in [1.82, 2.24) is 20.2 Å². The number of ether oxygens (including phenoxy) is 2. The maximum absolute atomic E-state index is 14.8. The van der Waals surface area contributed by atoms with Crippen LogP contribution in [0.15, 0.2) is 36.7 Å². The first-order chi connectivity index (χ1) is 16.4. The number of nitrogens with zero attached hydrogens (tertiary/aromatic N) is 2. The number of H-pyrrole nitrogens is 1. The standard InChI is InChI=1S/C25H32FN5O3/c1-16-15-29-24-23(16)22(5-8-28-24)34-21-4-3-17(13-19(21)26)14-20(27)25(32)30-18-6-9-31(10-7-18)11-12-33-2/h3-5,8,13,15,18,20H,6-7,9-12,14,27H2,1-2H3,(H,28,29)(H,30,32). The highest BCUT2D eigenvalue weighted by Gasteiger charge is 2.23. The average molecular weight is 470 g/mol. The van der Waals surface area contributed by atoms with Gasteiger partial charge in [-0.25, -0.2) is 9.37 Å². The number of aryl methyl sites for hydroxylation is 1.